The number of hydrogen-bond donors (Lipinski definition) is 3. The minimum atomic E-state index is -0.972. The van der Waals surface area contributed by atoms with E-state index in [2.05, 4.69) is 36.7 Å². The molecule has 2 aromatic rings. The van der Waals surface area contributed by atoms with E-state index in [0.29, 0.717) is 29.3 Å². The molecule has 1 aliphatic rings. The van der Waals surface area contributed by atoms with Crippen LogP contribution in [0.4, 0.5) is 15.5 Å². The van der Waals surface area contributed by atoms with Crippen molar-refractivity contribution in [2.75, 3.05) is 23.7 Å². The molecule has 0 unspecified atom stereocenters. The summed E-state index contributed by atoms with van der Waals surface area (Å²) in [4.78, 5) is 41.1. The average molecular weight is 443 g/mol. The summed E-state index contributed by atoms with van der Waals surface area (Å²) in [7, 11) is 0. The fraction of sp³-hybridized carbons (Fsp3) is 0.435. The number of anilines is 2. The number of carbonyl (C=O) groups excluding carboxylic acids is 3. The minimum absolute atomic E-state index is 0.190. The van der Waals surface area contributed by atoms with Crippen molar-refractivity contribution in [1.82, 2.24) is 10.2 Å². The van der Waals surface area contributed by atoms with E-state index in [9.17, 15) is 14.4 Å². The lowest BCUT2D eigenvalue weighted by Gasteiger charge is -2.41. The number of piperazine rings is 1. The summed E-state index contributed by atoms with van der Waals surface area (Å²) >= 11 is 1.38. The summed E-state index contributed by atoms with van der Waals surface area (Å²) in [6.07, 6.45) is 0. The summed E-state index contributed by atoms with van der Waals surface area (Å²) < 4.78 is 0. The lowest BCUT2D eigenvalue weighted by atomic mass is 9.93. The molecule has 1 aromatic carbocycles. The fourth-order valence-corrected chi connectivity index (χ4v) is 4.49. The average Bonchev–Trinajstić information content (AvgIpc) is 3.09. The molecule has 0 saturated carbocycles. The zero-order valence-corrected chi connectivity index (χ0v) is 19.7. The molecule has 8 heteroatoms. The van der Waals surface area contributed by atoms with E-state index in [1.807, 2.05) is 37.3 Å². The Bertz CT molecular complexity index is 1020. The second-order valence-corrected chi connectivity index (χ2v) is 10.3. The van der Waals surface area contributed by atoms with Gasteiger partial charge in [-0.15, -0.1) is 11.3 Å². The molecule has 0 spiro atoms. The number of carbonyl (C=O) groups is 3. The van der Waals surface area contributed by atoms with E-state index in [-0.39, 0.29) is 17.2 Å². The first-order chi connectivity index (χ1) is 14.4. The number of rotatable bonds is 3. The van der Waals surface area contributed by atoms with Gasteiger partial charge in [0.05, 0.1) is 5.56 Å². The third-order valence-electron chi connectivity index (χ3n) is 5.42. The third kappa shape index (κ3) is 4.74. The van der Waals surface area contributed by atoms with Gasteiger partial charge in [0.25, 0.3) is 5.91 Å². The number of thiophene rings is 1. The first-order valence-electron chi connectivity index (χ1n) is 10.3. The van der Waals surface area contributed by atoms with Gasteiger partial charge >= 0.3 is 6.03 Å². The topological polar surface area (TPSA) is 90.5 Å². The van der Waals surface area contributed by atoms with E-state index >= 15 is 0 Å². The molecule has 1 aliphatic heterocycles. The van der Waals surface area contributed by atoms with Crippen LogP contribution in [0.1, 0.15) is 55.4 Å². The molecule has 0 atom stereocenters. The lowest BCUT2D eigenvalue weighted by Crippen LogP contribution is -2.63. The van der Waals surface area contributed by atoms with Crippen molar-refractivity contribution in [3.63, 3.8) is 0 Å². The Morgan fingerprint density at radius 2 is 1.84 bits per heavy atom. The molecule has 3 rings (SSSR count). The third-order valence-corrected chi connectivity index (χ3v) is 6.89. The Balaban J connectivity index is 1.92. The molecule has 1 saturated heterocycles. The Kier molecular flexibility index (Phi) is 6.14. The van der Waals surface area contributed by atoms with Gasteiger partial charge in [0, 0.05) is 23.7 Å². The van der Waals surface area contributed by atoms with Gasteiger partial charge in [-0.25, -0.2) is 4.79 Å². The number of hydrogen-bond acceptors (Lipinski definition) is 4. The predicted molar refractivity (Wildman–Crippen MR) is 125 cm³/mol. The Morgan fingerprint density at radius 3 is 2.48 bits per heavy atom. The number of para-hydroxylation sites is 1. The van der Waals surface area contributed by atoms with E-state index in [0.717, 1.165) is 10.4 Å². The van der Waals surface area contributed by atoms with Gasteiger partial charge in [0.2, 0.25) is 5.91 Å². The van der Waals surface area contributed by atoms with Gasteiger partial charge in [0.15, 0.2) is 0 Å². The van der Waals surface area contributed by atoms with Crippen molar-refractivity contribution < 1.29 is 14.4 Å². The summed E-state index contributed by atoms with van der Waals surface area (Å²) in [5, 5.41) is 8.98. The Hall–Kier alpha value is -2.87. The Labute approximate surface area is 187 Å². The molecule has 7 nitrogen and oxygen atoms in total. The van der Waals surface area contributed by atoms with Crippen molar-refractivity contribution in [2.45, 2.75) is 52.5 Å². The standard InChI is InChI=1S/C23H30N4O3S/c1-14-9-7-8-10-16(14)25-21(30)26-18-15(13-17(31-18)22(2,3)4)19(28)27-12-11-24-20(29)23(27,5)6/h7-10,13H,11-12H2,1-6H3,(H,24,29)(H2,25,26,30). The SMILES string of the molecule is Cc1ccccc1NC(=O)Nc1sc(C(C)(C)C)cc1C(=O)N1CCNC(=O)C1(C)C. The molecular formula is C23H30N4O3S. The van der Waals surface area contributed by atoms with Crippen LogP contribution in [0.5, 0.6) is 0 Å². The molecule has 0 aliphatic carbocycles. The molecule has 2 heterocycles. The number of aryl methyl sites for hydroxylation is 1. The van der Waals surface area contributed by atoms with Crippen molar-refractivity contribution in [3.05, 3.63) is 46.3 Å². The molecule has 31 heavy (non-hydrogen) atoms. The zero-order valence-electron chi connectivity index (χ0n) is 18.9. The number of urea groups is 1. The van der Waals surface area contributed by atoms with Gasteiger partial charge in [0.1, 0.15) is 10.5 Å². The summed E-state index contributed by atoms with van der Waals surface area (Å²) in [6.45, 7) is 12.4. The number of nitrogens with one attached hydrogen (secondary N) is 3. The molecule has 166 valence electrons. The van der Waals surface area contributed by atoms with E-state index in [4.69, 9.17) is 0 Å². The van der Waals surface area contributed by atoms with Gasteiger partial charge in [-0.2, -0.15) is 0 Å². The minimum Gasteiger partial charge on any atom is -0.352 e. The second-order valence-electron chi connectivity index (χ2n) is 9.27. The van der Waals surface area contributed by atoms with Gasteiger partial charge in [-0.05, 0) is 43.9 Å². The molecule has 0 radical (unpaired) electrons. The van der Waals surface area contributed by atoms with Crippen LogP contribution < -0.4 is 16.0 Å². The molecule has 1 aromatic heterocycles. The molecule has 1 fully saturated rings. The quantitative estimate of drug-likeness (QED) is 0.660. The maximum absolute atomic E-state index is 13.5. The monoisotopic (exact) mass is 442 g/mol. The van der Waals surface area contributed by atoms with Crippen LogP contribution in [0.15, 0.2) is 30.3 Å². The number of nitrogens with zero attached hydrogens (tertiary/aromatic N) is 1. The van der Waals surface area contributed by atoms with Gasteiger partial charge in [-0.1, -0.05) is 39.0 Å². The number of benzene rings is 1. The van der Waals surface area contributed by atoms with Crippen LogP contribution in [-0.4, -0.2) is 41.4 Å². The van der Waals surface area contributed by atoms with Crippen LogP contribution in [0.25, 0.3) is 0 Å². The first kappa shape index (κ1) is 22.8. The van der Waals surface area contributed by atoms with Crippen molar-refractivity contribution in [2.24, 2.45) is 0 Å². The maximum atomic E-state index is 13.5. The van der Waals surface area contributed by atoms with E-state index in [1.54, 1.807) is 18.7 Å². The normalized spacial score (nSPS) is 15.9. The highest BCUT2D eigenvalue weighted by atomic mass is 32.1. The van der Waals surface area contributed by atoms with Crippen LogP contribution in [0, 0.1) is 6.92 Å². The Morgan fingerprint density at radius 1 is 1.16 bits per heavy atom. The zero-order chi connectivity index (χ0) is 23.0. The largest absolute Gasteiger partial charge is 0.352 e. The predicted octanol–water partition coefficient (Wildman–Crippen LogP) is 4.35. The fourth-order valence-electron chi connectivity index (χ4n) is 3.38. The molecule has 3 N–H and O–H groups in total. The summed E-state index contributed by atoms with van der Waals surface area (Å²) in [6, 6.07) is 8.91. The van der Waals surface area contributed by atoms with Gasteiger partial charge < -0.3 is 15.5 Å². The molecular weight excluding hydrogens is 412 g/mol. The number of amides is 4. The van der Waals surface area contributed by atoms with Crippen LogP contribution in [0.2, 0.25) is 0 Å². The van der Waals surface area contributed by atoms with Crippen LogP contribution >= 0.6 is 11.3 Å². The first-order valence-corrected chi connectivity index (χ1v) is 11.1. The molecule has 0 bridgehead atoms. The smallest absolute Gasteiger partial charge is 0.324 e. The molecule has 4 amide bonds. The highest BCUT2D eigenvalue weighted by Crippen LogP contribution is 2.37. The van der Waals surface area contributed by atoms with Crippen LogP contribution in [0.3, 0.4) is 0 Å². The van der Waals surface area contributed by atoms with Crippen molar-refractivity contribution >= 4 is 39.9 Å². The van der Waals surface area contributed by atoms with Crippen LogP contribution in [-0.2, 0) is 10.2 Å². The van der Waals surface area contributed by atoms with E-state index < -0.39 is 11.6 Å². The second kappa shape index (κ2) is 8.34. The summed E-state index contributed by atoms with van der Waals surface area (Å²) in [5.41, 5.74) is 0.879. The van der Waals surface area contributed by atoms with E-state index in [1.165, 1.54) is 11.3 Å². The van der Waals surface area contributed by atoms with Crippen molar-refractivity contribution in [1.29, 1.82) is 0 Å². The highest BCUT2D eigenvalue weighted by Gasteiger charge is 2.42. The summed E-state index contributed by atoms with van der Waals surface area (Å²) in [5.74, 6) is -0.456. The highest BCUT2D eigenvalue weighted by molar-refractivity contribution is 7.16. The lowest BCUT2D eigenvalue weighted by molar-refractivity contribution is -0.133. The van der Waals surface area contributed by atoms with Gasteiger partial charge in [-0.3, -0.25) is 14.9 Å². The maximum Gasteiger partial charge on any atom is 0.324 e. The van der Waals surface area contributed by atoms with Crippen molar-refractivity contribution in [3.8, 4) is 0 Å².